The van der Waals surface area contributed by atoms with E-state index in [0.29, 0.717) is 17.7 Å². The third-order valence-electron chi connectivity index (χ3n) is 4.09. The molecule has 0 spiro atoms. The van der Waals surface area contributed by atoms with E-state index in [1.807, 2.05) is 6.07 Å². The Morgan fingerprint density at radius 2 is 1.69 bits per heavy atom. The summed E-state index contributed by atoms with van der Waals surface area (Å²) >= 11 is 0. The Hall–Kier alpha value is -2.82. The first-order chi connectivity index (χ1) is 12.5. The topological polar surface area (TPSA) is 9.23 Å². The highest BCUT2D eigenvalue weighted by Gasteiger charge is 2.14. The molecule has 26 heavy (non-hydrogen) atoms. The van der Waals surface area contributed by atoms with E-state index in [0.717, 1.165) is 18.1 Å². The van der Waals surface area contributed by atoms with E-state index in [4.69, 9.17) is 4.74 Å². The second-order valence-corrected chi connectivity index (χ2v) is 5.91. The molecule has 0 aliphatic rings. The zero-order valence-electron chi connectivity index (χ0n) is 13.9. The van der Waals surface area contributed by atoms with E-state index < -0.39 is 17.5 Å². The van der Waals surface area contributed by atoms with Crippen LogP contribution in [0.1, 0.15) is 17.5 Å². The fourth-order valence-electron chi connectivity index (χ4n) is 2.67. The highest BCUT2D eigenvalue weighted by molar-refractivity contribution is 5.84. The van der Waals surface area contributed by atoms with Crippen molar-refractivity contribution in [1.82, 2.24) is 0 Å². The molecular weight excluding hydrogens is 344 g/mol. The highest BCUT2D eigenvalue weighted by Crippen LogP contribution is 2.27. The standard InChI is InChI=1S/C21H16F4O/c1-2-3-4-13-5-6-14(18(22)9-13)12-26-16-7-8-17-15(10-16)11-19(23)21(25)20(17)24/h2,5-11H,1,3-4,12H2. The van der Waals surface area contributed by atoms with Crippen molar-refractivity contribution in [2.75, 3.05) is 0 Å². The minimum atomic E-state index is -1.51. The van der Waals surface area contributed by atoms with Gasteiger partial charge in [0.05, 0.1) is 0 Å². The van der Waals surface area contributed by atoms with Gasteiger partial charge in [0.25, 0.3) is 0 Å². The molecule has 0 radical (unpaired) electrons. The minimum Gasteiger partial charge on any atom is -0.489 e. The summed E-state index contributed by atoms with van der Waals surface area (Å²) in [5.74, 6) is -4.10. The van der Waals surface area contributed by atoms with Gasteiger partial charge < -0.3 is 4.74 Å². The van der Waals surface area contributed by atoms with Gasteiger partial charge in [-0.3, -0.25) is 0 Å². The van der Waals surface area contributed by atoms with Crippen LogP contribution in [0.4, 0.5) is 17.6 Å². The fourth-order valence-corrected chi connectivity index (χ4v) is 2.67. The predicted molar refractivity (Wildman–Crippen MR) is 93.1 cm³/mol. The number of allylic oxidation sites excluding steroid dienone is 1. The van der Waals surface area contributed by atoms with Crippen LogP contribution in [0.5, 0.6) is 5.75 Å². The van der Waals surface area contributed by atoms with Gasteiger partial charge in [-0.05, 0) is 54.1 Å². The first-order valence-corrected chi connectivity index (χ1v) is 8.08. The summed E-state index contributed by atoms with van der Waals surface area (Å²) < 4.78 is 60.0. The van der Waals surface area contributed by atoms with Crippen molar-refractivity contribution in [2.45, 2.75) is 19.4 Å². The van der Waals surface area contributed by atoms with E-state index in [1.165, 1.54) is 24.3 Å². The Balaban J connectivity index is 1.77. The average Bonchev–Trinajstić information content (AvgIpc) is 2.63. The van der Waals surface area contributed by atoms with Crippen molar-refractivity contribution in [2.24, 2.45) is 0 Å². The number of rotatable bonds is 6. The van der Waals surface area contributed by atoms with E-state index in [-0.39, 0.29) is 23.2 Å². The normalized spacial score (nSPS) is 10.9. The van der Waals surface area contributed by atoms with Gasteiger partial charge in [0.15, 0.2) is 17.5 Å². The lowest BCUT2D eigenvalue weighted by molar-refractivity contribution is 0.300. The van der Waals surface area contributed by atoms with Crippen molar-refractivity contribution in [3.63, 3.8) is 0 Å². The van der Waals surface area contributed by atoms with Crippen molar-refractivity contribution in [1.29, 1.82) is 0 Å². The Morgan fingerprint density at radius 1 is 0.885 bits per heavy atom. The van der Waals surface area contributed by atoms with Crippen LogP contribution in [0.15, 0.2) is 55.1 Å². The lowest BCUT2D eigenvalue weighted by Gasteiger charge is -2.10. The Morgan fingerprint density at radius 3 is 2.42 bits per heavy atom. The SMILES string of the molecule is C=CCCc1ccc(COc2ccc3c(F)c(F)c(F)cc3c2)c(F)c1. The predicted octanol–water partition coefficient (Wildman–Crippen LogP) is 6.09. The lowest BCUT2D eigenvalue weighted by atomic mass is 10.1. The van der Waals surface area contributed by atoms with E-state index in [9.17, 15) is 17.6 Å². The molecule has 3 aromatic carbocycles. The Bertz CT molecular complexity index is 966. The molecule has 1 nitrogen and oxygen atoms in total. The highest BCUT2D eigenvalue weighted by atomic mass is 19.2. The van der Waals surface area contributed by atoms with E-state index in [1.54, 1.807) is 12.1 Å². The van der Waals surface area contributed by atoms with Crippen LogP contribution in [0.2, 0.25) is 0 Å². The molecule has 0 aliphatic heterocycles. The van der Waals surface area contributed by atoms with Gasteiger partial charge in [-0.1, -0.05) is 18.2 Å². The van der Waals surface area contributed by atoms with Crippen LogP contribution < -0.4 is 4.74 Å². The van der Waals surface area contributed by atoms with E-state index in [2.05, 4.69) is 6.58 Å². The van der Waals surface area contributed by atoms with Gasteiger partial charge in [0.2, 0.25) is 0 Å². The first kappa shape index (κ1) is 18.0. The number of benzene rings is 3. The molecule has 0 atom stereocenters. The maximum absolute atomic E-state index is 14.1. The Kier molecular flexibility index (Phi) is 5.26. The van der Waals surface area contributed by atoms with Crippen LogP contribution >= 0.6 is 0 Å². The quantitative estimate of drug-likeness (QED) is 0.293. The number of halogens is 4. The van der Waals surface area contributed by atoms with Gasteiger partial charge in [-0.25, -0.2) is 17.6 Å². The Labute approximate surface area is 148 Å². The second-order valence-electron chi connectivity index (χ2n) is 5.91. The number of hydrogen-bond acceptors (Lipinski definition) is 1. The average molecular weight is 360 g/mol. The van der Waals surface area contributed by atoms with Gasteiger partial charge in [0.1, 0.15) is 18.2 Å². The van der Waals surface area contributed by atoms with Crippen LogP contribution in [-0.4, -0.2) is 0 Å². The van der Waals surface area contributed by atoms with Gasteiger partial charge in [-0.15, -0.1) is 6.58 Å². The lowest BCUT2D eigenvalue weighted by Crippen LogP contribution is -2.00. The van der Waals surface area contributed by atoms with E-state index >= 15 is 0 Å². The zero-order chi connectivity index (χ0) is 18.7. The summed E-state index contributed by atoms with van der Waals surface area (Å²) in [6, 6.07) is 9.93. The molecule has 0 aromatic heterocycles. The molecule has 0 fully saturated rings. The summed E-state index contributed by atoms with van der Waals surface area (Å²) in [4.78, 5) is 0. The molecule has 3 rings (SSSR count). The van der Waals surface area contributed by atoms with Crippen LogP contribution in [0, 0.1) is 23.3 Å². The minimum absolute atomic E-state index is 0.0365. The van der Waals surface area contributed by atoms with Crippen LogP contribution in [0.25, 0.3) is 10.8 Å². The van der Waals surface area contributed by atoms with Gasteiger partial charge >= 0.3 is 0 Å². The van der Waals surface area contributed by atoms with Crippen molar-refractivity contribution in [3.05, 3.63) is 89.5 Å². The zero-order valence-corrected chi connectivity index (χ0v) is 13.9. The first-order valence-electron chi connectivity index (χ1n) is 8.08. The molecule has 0 aliphatic carbocycles. The van der Waals surface area contributed by atoms with Crippen LogP contribution in [-0.2, 0) is 13.0 Å². The third kappa shape index (κ3) is 3.72. The van der Waals surface area contributed by atoms with Crippen molar-refractivity contribution in [3.8, 4) is 5.75 Å². The molecule has 0 unspecified atom stereocenters. The molecule has 0 heterocycles. The smallest absolute Gasteiger partial charge is 0.195 e. The largest absolute Gasteiger partial charge is 0.489 e. The van der Waals surface area contributed by atoms with Crippen LogP contribution in [0.3, 0.4) is 0 Å². The molecule has 134 valence electrons. The summed E-state index contributed by atoms with van der Waals surface area (Å²) in [6.07, 6.45) is 3.24. The maximum Gasteiger partial charge on any atom is 0.195 e. The van der Waals surface area contributed by atoms with Gasteiger partial charge in [0, 0.05) is 10.9 Å². The number of ether oxygens (including phenoxy) is 1. The molecule has 0 bridgehead atoms. The summed E-state index contributed by atoms with van der Waals surface area (Å²) in [6.45, 7) is 3.60. The fraction of sp³-hybridized carbons (Fsp3) is 0.143. The van der Waals surface area contributed by atoms with Gasteiger partial charge in [-0.2, -0.15) is 0 Å². The molecule has 0 N–H and O–H groups in total. The number of fused-ring (bicyclic) bond motifs is 1. The molecule has 3 aromatic rings. The summed E-state index contributed by atoms with van der Waals surface area (Å²) in [5.41, 5.74) is 1.23. The number of aryl methyl sites for hydroxylation is 1. The second kappa shape index (κ2) is 7.60. The molecule has 5 heteroatoms. The maximum atomic E-state index is 14.1. The summed E-state index contributed by atoms with van der Waals surface area (Å²) in [5, 5.41) is 0.119. The van der Waals surface area contributed by atoms with Crippen molar-refractivity contribution >= 4 is 10.8 Å². The molecule has 0 saturated carbocycles. The van der Waals surface area contributed by atoms with Crippen molar-refractivity contribution < 1.29 is 22.3 Å². The monoisotopic (exact) mass is 360 g/mol. The molecule has 0 saturated heterocycles. The number of hydrogen-bond donors (Lipinski definition) is 0. The molecular formula is C21H16F4O. The summed E-state index contributed by atoms with van der Waals surface area (Å²) in [7, 11) is 0. The molecule has 0 amide bonds. The third-order valence-corrected chi connectivity index (χ3v) is 4.09.